The molecule has 0 unspecified atom stereocenters. The van der Waals surface area contributed by atoms with E-state index in [0.29, 0.717) is 46.2 Å². The lowest BCUT2D eigenvalue weighted by molar-refractivity contribution is -0.146. The topological polar surface area (TPSA) is 109 Å². The van der Waals surface area contributed by atoms with Crippen LogP contribution in [0.5, 0.6) is 17.2 Å². The van der Waals surface area contributed by atoms with E-state index in [2.05, 4.69) is 0 Å². The summed E-state index contributed by atoms with van der Waals surface area (Å²) in [6.45, 7) is 5.87. The molecule has 0 aromatic heterocycles. The number of methoxy groups -OCH3 is 1. The van der Waals surface area contributed by atoms with Crippen LogP contribution in [0.15, 0.2) is 91.0 Å². The number of para-hydroxylation sites is 3. The van der Waals surface area contributed by atoms with Crippen molar-refractivity contribution in [2.75, 3.05) is 23.5 Å². The molecule has 2 N–H and O–H groups in total. The Morgan fingerprint density at radius 1 is 0.915 bits per heavy atom. The van der Waals surface area contributed by atoms with Gasteiger partial charge in [0.1, 0.15) is 11.5 Å². The first-order chi connectivity index (χ1) is 22.6. The Hall–Kier alpha value is -4.48. The number of anilines is 3. The van der Waals surface area contributed by atoms with Gasteiger partial charge in [0.15, 0.2) is 19.7 Å². The van der Waals surface area contributed by atoms with Crippen molar-refractivity contribution in [2.24, 2.45) is 5.92 Å². The second-order valence-electron chi connectivity index (χ2n) is 13.0. The summed E-state index contributed by atoms with van der Waals surface area (Å²) in [5.41, 5.74) is 2.47. The SMILES string of the molecule is COc1ccc2c(c1)[C@]1(O[C@@H](CCO)[C@H]([Si](C)(C)O)[C@H]1C)C(=O)N2Cc1ccc(N2C(=O)c3ccccc3Oc3ccccc32)cc1. The number of aliphatic hydroxyl groups is 1. The molecule has 242 valence electrons. The van der Waals surface area contributed by atoms with E-state index in [9.17, 15) is 19.5 Å². The average molecular weight is 651 g/mol. The Morgan fingerprint density at radius 2 is 1.62 bits per heavy atom. The first-order valence-electron chi connectivity index (χ1n) is 15.9. The average Bonchev–Trinajstić information content (AvgIpc) is 3.43. The van der Waals surface area contributed by atoms with Gasteiger partial charge in [-0.2, -0.15) is 0 Å². The third-order valence-corrected chi connectivity index (χ3v) is 12.3. The van der Waals surface area contributed by atoms with Crippen LogP contribution in [0.4, 0.5) is 17.1 Å². The minimum absolute atomic E-state index is 0.106. The Balaban J connectivity index is 1.24. The fraction of sp³-hybridized carbons (Fsp3) is 0.297. The molecule has 4 aromatic rings. The molecule has 10 heteroatoms. The molecule has 4 atom stereocenters. The monoisotopic (exact) mass is 650 g/mol. The number of ether oxygens (including phenoxy) is 3. The number of rotatable bonds is 7. The summed E-state index contributed by atoms with van der Waals surface area (Å²) in [7, 11) is -1.22. The number of benzene rings is 4. The van der Waals surface area contributed by atoms with Gasteiger partial charge in [0.25, 0.3) is 11.8 Å². The fourth-order valence-corrected chi connectivity index (χ4v) is 10.3. The Labute approximate surface area is 275 Å². The third-order valence-electron chi connectivity index (χ3n) is 9.79. The van der Waals surface area contributed by atoms with Gasteiger partial charge in [0.05, 0.1) is 36.7 Å². The lowest BCUT2D eigenvalue weighted by atomic mass is 9.82. The molecule has 1 saturated heterocycles. The van der Waals surface area contributed by atoms with Crippen LogP contribution >= 0.6 is 0 Å². The molecule has 7 rings (SSSR count). The van der Waals surface area contributed by atoms with Crippen LogP contribution in [0.3, 0.4) is 0 Å². The minimum Gasteiger partial charge on any atom is -0.497 e. The lowest BCUT2D eigenvalue weighted by Crippen LogP contribution is -2.46. The quantitative estimate of drug-likeness (QED) is 0.220. The maximum absolute atomic E-state index is 14.6. The van der Waals surface area contributed by atoms with Crippen LogP contribution in [-0.2, 0) is 21.7 Å². The summed E-state index contributed by atoms with van der Waals surface area (Å²) < 4.78 is 18.4. The molecule has 9 nitrogen and oxygen atoms in total. The molecule has 3 aliphatic rings. The standard InChI is InChI=1S/C37H38N2O7Si/c1-23-34(47(3,4)43)33(19-20-40)46-37(23)28-21-26(44-2)17-18-29(28)38(36(37)42)22-24-13-15-25(16-14-24)39-30-10-6-8-12-32(30)45-31-11-7-5-9-27(31)35(39)41/h5-18,21,23,33-34,40,43H,19-20,22H2,1-4H3/t23-,33+,34-,37+/m1/s1. The maximum Gasteiger partial charge on any atom is 0.266 e. The highest BCUT2D eigenvalue weighted by atomic mass is 28.4. The summed E-state index contributed by atoms with van der Waals surface area (Å²) in [5, 5.41) is 9.88. The van der Waals surface area contributed by atoms with Crippen LogP contribution in [0, 0.1) is 5.92 Å². The summed E-state index contributed by atoms with van der Waals surface area (Å²) >= 11 is 0. The summed E-state index contributed by atoms with van der Waals surface area (Å²) in [4.78, 5) is 43.2. The van der Waals surface area contributed by atoms with Crippen LogP contribution in [0.2, 0.25) is 18.6 Å². The van der Waals surface area contributed by atoms with Crippen molar-refractivity contribution in [2.45, 2.75) is 50.2 Å². The summed E-state index contributed by atoms with van der Waals surface area (Å²) in [5.74, 6) is 0.940. The molecule has 3 aliphatic heterocycles. The molecule has 1 fully saturated rings. The van der Waals surface area contributed by atoms with Crippen molar-refractivity contribution in [1.29, 1.82) is 0 Å². The minimum atomic E-state index is -2.81. The molecule has 2 amide bonds. The van der Waals surface area contributed by atoms with E-state index in [4.69, 9.17) is 14.2 Å². The zero-order valence-electron chi connectivity index (χ0n) is 26.8. The predicted octanol–water partition coefficient (Wildman–Crippen LogP) is 6.51. The van der Waals surface area contributed by atoms with Crippen molar-refractivity contribution < 1.29 is 33.7 Å². The first-order valence-corrected chi connectivity index (χ1v) is 18.9. The van der Waals surface area contributed by atoms with Gasteiger partial charge in [0.2, 0.25) is 0 Å². The number of amides is 2. The smallest absolute Gasteiger partial charge is 0.266 e. The van der Waals surface area contributed by atoms with Gasteiger partial charge in [-0.3, -0.25) is 14.5 Å². The van der Waals surface area contributed by atoms with Crippen LogP contribution in [-0.4, -0.2) is 49.9 Å². The van der Waals surface area contributed by atoms with Crippen LogP contribution in [0.1, 0.15) is 34.8 Å². The van der Waals surface area contributed by atoms with E-state index in [1.165, 1.54) is 0 Å². The van der Waals surface area contributed by atoms with Gasteiger partial charge >= 0.3 is 0 Å². The van der Waals surface area contributed by atoms with E-state index < -0.39 is 20.0 Å². The van der Waals surface area contributed by atoms with Gasteiger partial charge in [-0.25, -0.2) is 0 Å². The third kappa shape index (κ3) is 4.94. The van der Waals surface area contributed by atoms with Crippen molar-refractivity contribution in [3.05, 3.63) is 108 Å². The number of carbonyl (C=O) groups is 2. The zero-order chi connectivity index (χ0) is 33.1. The highest BCUT2D eigenvalue weighted by molar-refractivity contribution is 6.71. The summed E-state index contributed by atoms with van der Waals surface area (Å²) in [6, 6.07) is 27.8. The number of carbonyl (C=O) groups excluding carboxylic acids is 2. The fourth-order valence-electron chi connectivity index (χ4n) is 7.74. The van der Waals surface area contributed by atoms with E-state index in [0.717, 1.165) is 11.3 Å². The number of fused-ring (bicyclic) bond motifs is 4. The van der Waals surface area contributed by atoms with Crippen molar-refractivity contribution in [3.8, 4) is 17.2 Å². The molecule has 4 aromatic carbocycles. The molecule has 0 saturated carbocycles. The Bertz CT molecular complexity index is 1860. The molecular weight excluding hydrogens is 613 g/mol. The van der Waals surface area contributed by atoms with E-state index in [1.807, 2.05) is 98.9 Å². The number of hydrogen-bond acceptors (Lipinski definition) is 7. The normalized spacial score (nSPS) is 23.3. The van der Waals surface area contributed by atoms with Crippen LogP contribution in [0.25, 0.3) is 0 Å². The number of nitrogens with zero attached hydrogens (tertiary/aromatic N) is 2. The van der Waals surface area contributed by atoms with Gasteiger partial charge in [-0.1, -0.05) is 43.3 Å². The highest BCUT2D eigenvalue weighted by Crippen LogP contribution is 2.60. The molecule has 1 spiro atoms. The molecule has 0 radical (unpaired) electrons. The summed E-state index contributed by atoms with van der Waals surface area (Å²) in [6.07, 6.45) is -0.137. The van der Waals surface area contributed by atoms with Crippen molar-refractivity contribution in [1.82, 2.24) is 0 Å². The Morgan fingerprint density at radius 3 is 2.32 bits per heavy atom. The second kappa shape index (κ2) is 11.6. The van der Waals surface area contributed by atoms with E-state index >= 15 is 0 Å². The molecule has 47 heavy (non-hydrogen) atoms. The Kier molecular flexibility index (Phi) is 7.71. The van der Waals surface area contributed by atoms with Crippen LogP contribution < -0.4 is 19.3 Å². The second-order valence-corrected chi connectivity index (χ2v) is 17.0. The molecular formula is C37H38N2O7Si. The van der Waals surface area contributed by atoms with Gasteiger partial charge in [-0.15, -0.1) is 0 Å². The number of aliphatic hydroxyl groups excluding tert-OH is 1. The lowest BCUT2D eigenvalue weighted by Gasteiger charge is -2.32. The largest absolute Gasteiger partial charge is 0.497 e. The van der Waals surface area contributed by atoms with Gasteiger partial charge in [-0.05, 0) is 79.7 Å². The highest BCUT2D eigenvalue weighted by Gasteiger charge is 2.66. The maximum atomic E-state index is 14.6. The first kappa shape index (κ1) is 31.1. The molecule has 0 bridgehead atoms. The molecule has 3 heterocycles. The molecule has 0 aliphatic carbocycles. The van der Waals surface area contributed by atoms with Gasteiger partial charge < -0.3 is 29.0 Å². The van der Waals surface area contributed by atoms with E-state index in [-0.39, 0.29) is 36.4 Å². The predicted molar refractivity (Wildman–Crippen MR) is 181 cm³/mol. The van der Waals surface area contributed by atoms with Crippen molar-refractivity contribution in [3.63, 3.8) is 0 Å². The van der Waals surface area contributed by atoms with Gasteiger partial charge in [0, 0.05) is 29.3 Å². The number of hydrogen-bond donors (Lipinski definition) is 2. The van der Waals surface area contributed by atoms with Crippen molar-refractivity contribution >= 4 is 37.2 Å². The zero-order valence-corrected chi connectivity index (χ0v) is 27.8. The van der Waals surface area contributed by atoms with E-state index in [1.54, 1.807) is 29.0 Å².